The lowest BCUT2D eigenvalue weighted by Gasteiger charge is -2.09. The predicted octanol–water partition coefficient (Wildman–Crippen LogP) is 3.02. The van der Waals surface area contributed by atoms with Crippen LogP contribution in [0.15, 0.2) is 42.5 Å². The van der Waals surface area contributed by atoms with Gasteiger partial charge in [-0.15, -0.1) is 0 Å². The van der Waals surface area contributed by atoms with E-state index in [1.807, 2.05) is 37.3 Å². The molecular formula is C17H17N3O. The zero-order valence-corrected chi connectivity index (χ0v) is 11.9. The average Bonchev–Trinajstić information content (AvgIpc) is 2.48. The van der Waals surface area contributed by atoms with Gasteiger partial charge in [0.25, 0.3) is 0 Å². The Morgan fingerprint density at radius 3 is 2.71 bits per heavy atom. The lowest BCUT2D eigenvalue weighted by atomic mass is 10.0. The first-order valence-corrected chi connectivity index (χ1v) is 6.74. The van der Waals surface area contributed by atoms with Crippen molar-refractivity contribution in [3.8, 4) is 6.07 Å². The van der Waals surface area contributed by atoms with E-state index in [1.54, 1.807) is 18.2 Å². The minimum atomic E-state index is -0.0883. The molecule has 0 fully saturated rings. The van der Waals surface area contributed by atoms with Crippen LogP contribution in [0.5, 0.6) is 0 Å². The molecule has 1 amide bonds. The Morgan fingerprint density at radius 1 is 1.29 bits per heavy atom. The number of amides is 1. The first kappa shape index (κ1) is 14.6. The normalized spacial score (nSPS) is 9.90. The van der Waals surface area contributed by atoms with Crippen LogP contribution in [-0.2, 0) is 11.2 Å². The van der Waals surface area contributed by atoms with Gasteiger partial charge >= 0.3 is 0 Å². The third kappa shape index (κ3) is 3.83. The number of rotatable bonds is 4. The molecule has 2 aromatic carbocycles. The standard InChI is InChI=1S/C17H17N3O/c1-12-4-2-3-5-14(12)7-9-17(21)20-16-8-6-13(11-18)10-15(16)19/h2-6,8,10H,7,9,19H2,1H3,(H,20,21). The number of carbonyl (C=O) groups is 1. The average molecular weight is 279 g/mol. The molecule has 0 aliphatic heterocycles. The molecule has 106 valence electrons. The highest BCUT2D eigenvalue weighted by Gasteiger charge is 2.07. The fraction of sp³-hybridized carbons (Fsp3) is 0.176. The van der Waals surface area contributed by atoms with Gasteiger partial charge in [-0.05, 0) is 42.7 Å². The van der Waals surface area contributed by atoms with E-state index < -0.39 is 0 Å². The van der Waals surface area contributed by atoms with Crippen LogP contribution < -0.4 is 11.1 Å². The van der Waals surface area contributed by atoms with E-state index in [9.17, 15) is 4.79 Å². The van der Waals surface area contributed by atoms with Crippen LogP contribution in [0.3, 0.4) is 0 Å². The summed E-state index contributed by atoms with van der Waals surface area (Å²) in [7, 11) is 0. The van der Waals surface area contributed by atoms with Gasteiger partial charge in [0.1, 0.15) is 0 Å². The third-order valence-corrected chi connectivity index (χ3v) is 3.34. The SMILES string of the molecule is Cc1ccccc1CCC(=O)Nc1ccc(C#N)cc1N. The summed E-state index contributed by atoms with van der Waals surface area (Å²) < 4.78 is 0. The summed E-state index contributed by atoms with van der Waals surface area (Å²) in [6, 6.07) is 14.9. The maximum Gasteiger partial charge on any atom is 0.224 e. The number of benzene rings is 2. The Bertz CT molecular complexity index is 701. The quantitative estimate of drug-likeness (QED) is 0.844. The molecule has 2 rings (SSSR count). The molecule has 0 aliphatic rings. The molecule has 0 heterocycles. The Labute approximate surface area is 124 Å². The number of anilines is 2. The van der Waals surface area contributed by atoms with Gasteiger partial charge in [0.05, 0.1) is 23.0 Å². The van der Waals surface area contributed by atoms with Crippen molar-refractivity contribution in [2.24, 2.45) is 0 Å². The van der Waals surface area contributed by atoms with E-state index >= 15 is 0 Å². The molecule has 0 saturated carbocycles. The van der Waals surface area contributed by atoms with Crippen molar-refractivity contribution in [3.63, 3.8) is 0 Å². The topological polar surface area (TPSA) is 78.9 Å². The van der Waals surface area contributed by atoms with Crippen molar-refractivity contribution in [2.45, 2.75) is 19.8 Å². The maximum absolute atomic E-state index is 12.0. The number of hydrogen-bond acceptors (Lipinski definition) is 3. The van der Waals surface area contributed by atoms with Gasteiger partial charge in [0, 0.05) is 6.42 Å². The number of nitrogen functional groups attached to an aromatic ring is 1. The summed E-state index contributed by atoms with van der Waals surface area (Å²) in [4.78, 5) is 12.0. The van der Waals surface area contributed by atoms with Crippen LogP contribution in [0.4, 0.5) is 11.4 Å². The van der Waals surface area contributed by atoms with E-state index in [4.69, 9.17) is 11.0 Å². The smallest absolute Gasteiger partial charge is 0.224 e. The van der Waals surface area contributed by atoms with Crippen LogP contribution in [0.1, 0.15) is 23.1 Å². The van der Waals surface area contributed by atoms with Gasteiger partial charge in [-0.25, -0.2) is 0 Å². The first-order valence-electron chi connectivity index (χ1n) is 6.74. The van der Waals surface area contributed by atoms with Gasteiger partial charge in [0.2, 0.25) is 5.91 Å². The third-order valence-electron chi connectivity index (χ3n) is 3.34. The molecule has 0 unspecified atom stereocenters. The van der Waals surface area contributed by atoms with Gasteiger partial charge in [-0.1, -0.05) is 24.3 Å². The zero-order valence-electron chi connectivity index (χ0n) is 11.9. The minimum absolute atomic E-state index is 0.0883. The lowest BCUT2D eigenvalue weighted by Crippen LogP contribution is -2.14. The van der Waals surface area contributed by atoms with Gasteiger partial charge in [-0.2, -0.15) is 5.26 Å². The second-order valence-corrected chi connectivity index (χ2v) is 4.89. The second kappa shape index (κ2) is 6.58. The number of nitrogens with one attached hydrogen (secondary N) is 1. The molecule has 2 aromatic rings. The summed E-state index contributed by atoms with van der Waals surface area (Å²) in [5.41, 5.74) is 9.58. The summed E-state index contributed by atoms with van der Waals surface area (Å²) >= 11 is 0. The molecule has 0 aromatic heterocycles. The highest BCUT2D eigenvalue weighted by molar-refractivity contribution is 5.94. The molecule has 3 N–H and O–H groups in total. The fourth-order valence-electron chi connectivity index (χ4n) is 2.10. The van der Waals surface area contributed by atoms with Crippen molar-refractivity contribution < 1.29 is 4.79 Å². The molecule has 0 radical (unpaired) electrons. The summed E-state index contributed by atoms with van der Waals surface area (Å²) in [6.07, 6.45) is 1.08. The van der Waals surface area contributed by atoms with Crippen LogP contribution in [0, 0.1) is 18.3 Å². The Kier molecular flexibility index (Phi) is 4.57. The van der Waals surface area contributed by atoms with Crippen molar-refractivity contribution in [3.05, 3.63) is 59.2 Å². The Hall–Kier alpha value is -2.80. The molecule has 21 heavy (non-hydrogen) atoms. The minimum Gasteiger partial charge on any atom is -0.397 e. The van der Waals surface area contributed by atoms with Crippen LogP contribution in [0.2, 0.25) is 0 Å². The molecule has 0 saturated heterocycles. The molecule has 0 spiro atoms. The number of nitrogens with zero attached hydrogens (tertiary/aromatic N) is 1. The van der Waals surface area contributed by atoms with Crippen molar-refractivity contribution in [1.29, 1.82) is 5.26 Å². The first-order chi connectivity index (χ1) is 10.1. The maximum atomic E-state index is 12.0. The summed E-state index contributed by atoms with van der Waals surface area (Å²) in [6.45, 7) is 2.03. The van der Waals surface area contributed by atoms with Crippen LogP contribution in [-0.4, -0.2) is 5.91 Å². The van der Waals surface area contributed by atoms with E-state index in [-0.39, 0.29) is 5.91 Å². The number of nitrogens with two attached hydrogens (primary N) is 1. The van der Waals surface area contributed by atoms with Gasteiger partial charge < -0.3 is 11.1 Å². The predicted molar refractivity (Wildman–Crippen MR) is 83.7 cm³/mol. The molecular weight excluding hydrogens is 262 g/mol. The lowest BCUT2D eigenvalue weighted by molar-refractivity contribution is -0.116. The fourth-order valence-corrected chi connectivity index (χ4v) is 2.10. The van der Waals surface area contributed by atoms with Gasteiger partial charge in [0.15, 0.2) is 0 Å². The number of carbonyl (C=O) groups excluding carboxylic acids is 1. The highest BCUT2D eigenvalue weighted by atomic mass is 16.1. The molecule has 4 nitrogen and oxygen atoms in total. The monoisotopic (exact) mass is 279 g/mol. The summed E-state index contributed by atoms with van der Waals surface area (Å²) in [5, 5.41) is 11.6. The second-order valence-electron chi connectivity index (χ2n) is 4.89. The number of aryl methyl sites for hydroxylation is 2. The molecule has 4 heteroatoms. The Balaban J connectivity index is 1.96. The highest BCUT2D eigenvalue weighted by Crippen LogP contribution is 2.20. The van der Waals surface area contributed by atoms with Gasteiger partial charge in [-0.3, -0.25) is 4.79 Å². The molecule has 0 aliphatic carbocycles. The van der Waals surface area contributed by atoms with E-state index in [0.29, 0.717) is 29.8 Å². The van der Waals surface area contributed by atoms with Crippen LogP contribution >= 0.6 is 0 Å². The van der Waals surface area contributed by atoms with E-state index in [2.05, 4.69) is 5.32 Å². The van der Waals surface area contributed by atoms with Crippen molar-refractivity contribution >= 4 is 17.3 Å². The van der Waals surface area contributed by atoms with Crippen molar-refractivity contribution in [2.75, 3.05) is 11.1 Å². The van der Waals surface area contributed by atoms with Crippen LogP contribution in [0.25, 0.3) is 0 Å². The zero-order chi connectivity index (χ0) is 15.2. The van der Waals surface area contributed by atoms with Crippen molar-refractivity contribution in [1.82, 2.24) is 0 Å². The summed E-state index contributed by atoms with van der Waals surface area (Å²) in [5.74, 6) is -0.0883. The number of hydrogen-bond donors (Lipinski definition) is 2. The molecule has 0 bridgehead atoms. The van der Waals surface area contributed by atoms with E-state index in [0.717, 1.165) is 0 Å². The molecule has 0 atom stereocenters. The Morgan fingerprint density at radius 2 is 2.05 bits per heavy atom. The van der Waals surface area contributed by atoms with E-state index in [1.165, 1.54) is 11.1 Å². The largest absolute Gasteiger partial charge is 0.397 e. The number of nitriles is 1.